The average Bonchev–Trinajstić information content (AvgIpc) is 2.36. The van der Waals surface area contributed by atoms with Crippen LogP contribution < -0.4 is 5.73 Å². The SMILES string of the molecule is CC1CCN(Cc2ccc(Cl)c(F)c2)C(CN)C1. The molecule has 1 aromatic carbocycles. The summed E-state index contributed by atoms with van der Waals surface area (Å²) in [6.07, 6.45) is 2.32. The molecule has 2 rings (SSSR count). The van der Waals surface area contributed by atoms with E-state index in [1.54, 1.807) is 6.07 Å². The molecule has 1 aliphatic rings. The highest BCUT2D eigenvalue weighted by molar-refractivity contribution is 6.30. The second-order valence-electron chi connectivity index (χ2n) is 5.24. The van der Waals surface area contributed by atoms with Crippen LogP contribution in [0.15, 0.2) is 18.2 Å². The number of rotatable bonds is 3. The highest BCUT2D eigenvalue weighted by Crippen LogP contribution is 2.24. The first kappa shape index (κ1) is 13.8. The topological polar surface area (TPSA) is 29.3 Å². The monoisotopic (exact) mass is 270 g/mol. The molecule has 2 unspecified atom stereocenters. The summed E-state index contributed by atoms with van der Waals surface area (Å²) >= 11 is 5.69. The Morgan fingerprint density at radius 2 is 2.28 bits per heavy atom. The van der Waals surface area contributed by atoms with E-state index in [0.717, 1.165) is 31.0 Å². The molecule has 100 valence electrons. The van der Waals surface area contributed by atoms with E-state index in [-0.39, 0.29) is 10.8 Å². The quantitative estimate of drug-likeness (QED) is 0.915. The largest absolute Gasteiger partial charge is 0.329 e. The van der Waals surface area contributed by atoms with E-state index in [1.165, 1.54) is 12.5 Å². The van der Waals surface area contributed by atoms with Crippen molar-refractivity contribution in [2.75, 3.05) is 13.1 Å². The molecule has 2 nitrogen and oxygen atoms in total. The van der Waals surface area contributed by atoms with Crippen LogP contribution in [0.1, 0.15) is 25.3 Å². The Hall–Kier alpha value is -0.640. The number of nitrogens with two attached hydrogens (primary N) is 1. The van der Waals surface area contributed by atoms with Crippen LogP contribution in [0.3, 0.4) is 0 Å². The summed E-state index contributed by atoms with van der Waals surface area (Å²) in [5.41, 5.74) is 6.79. The zero-order valence-corrected chi connectivity index (χ0v) is 11.5. The number of halogens is 2. The van der Waals surface area contributed by atoms with Gasteiger partial charge in [0.2, 0.25) is 0 Å². The summed E-state index contributed by atoms with van der Waals surface area (Å²) in [7, 11) is 0. The van der Waals surface area contributed by atoms with Crippen LogP contribution in [0.4, 0.5) is 4.39 Å². The Balaban J connectivity index is 2.05. The molecule has 2 atom stereocenters. The molecule has 0 aromatic heterocycles. The standard InChI is InChI=1S/C14H20ClFN2/c1-10-4-5-18(12(6-10)8-17)9-11-2-3-13(15)14(16)7-11/h2-3,7,10,12H,4-6,8-9,17H2,1H3. The van der Waals surface area contributed by atoms with Gasteiger partial charge in [-0.25, -0.2) is 4.39 Å². The fraction of sp³-hybridized carbons (Fsp3) is 0.571. The van der Waals surface area contributed by atoms with Gasteiger partial charge in [0.15, 0.2) is 0 Å². The molecular weight excluding hydrogens is 251 g/mol. The zero-order valence-electron chi connectivity index (χ0n) is 10.7. The van der Waals surface area contributed by atoms with Gasteiger partial charge in [0.1, 0.15) is 5.82 Å². The molecule has 18 heavy (non-hydrogen) atoms. The van der Waals surface area contributed by atoms with Gasteiger partial charge < -0.3 is 5.73 Å². The van der Waals surface area contributed by atoms with Gasteiger partial charge in [-0.3, -0.25) is 4.90 Å². The average molecular weight is 271 g/mol. The van der Waals surface area contributed by atoms with Crippen molar-refractivity contribution in [2.45, 2.75) is 32.4 Å². The summed E-state index contributed by atoms with van der Waals surface area (Å²) in [5.74, 6) is 0.389. The third kappa shape index (κ3) is 3.22. The van der Waals surface area contributed by atoms with Crippen molar-refractivity contribution < 1.29 is 4.39 Å². The van der Waals surface area contributed by atoms with Crippen molar-refractivity contribution >= 4 is 11.6 Å². The molecule has 1 aliphatic heterocycles. The van der Waals surface area contributed by atoms with E-state index in [2.05, 4.69) is 11.8 Å². The molecule has 2 N–H and O–H groups in total. The molecule has 0 amide bonds. The molecular formula is C14H20ClFN2. The maximum atomic E-state index is 13.4. The van der Waals surface area contributed by atoms with Gasteiger partial charge in [0, 0.05) is 19.1 Å². The van der Waals surface area contributed by atoms with Crippen LogP contribution in [0.2, 0.25) is 5.02 Å². The van der Waals surface area contributed by atoms with Crippen LogP contribution in [0, 0.1) is 11.7 Å². The molecule has 0 aliphatic carbocycles. The van der Waals surface area contributed by atoms with Gasteiger partial charge in [-0.1, -0.05) is 24.6 Å². The Morgan fingerprint density at radius 1 is 1.50 bits per heavy atom. The second kappa shape index (κ2) is 6.00. The number of benzene rings is 1. The molecule has 1 fully saturated rings. The van der Waals surface area contributed by atoms with Crippen LogP contribution >= 0.6 is 11.6 Å². The van der Waals surface area contributed by atoms with Crippen LogP contribution in [0.25, 0.3) is 0 Å². The number of likely N-dealkylation sites (tertiary alicyclic amines) is 1. The fourth-order valence-corrected chi connectivity index (χ4v) is 2.74. The molecule has 1 aromatic rings. The number of hydrogen-bond donors (Lipinski definition) is 1. The van der Waals surface area contributed by atoms with Gasteiger partial charge in [0.05, 0.1) is 5.02 Å². The Bertz CT molecular complexity index is 411. The Labute approximate surface area is 113 Å². The number of hydrogen-bond acceptors (Lipinski definition) is 2. The minimum atomic E-state index is -0.344. The lowest BCUT2D eigenvalue weighted by atomic mass is 9.92. The van der Waals surface area contributed by atoms with Gasteiger partial charge in [0.25, 0.3) is 0 Å². The molecule has 0 spiro atoms. The summed E-state index contributed by atoms with van der Waals surface area (Å²) in [6.45, 7) is 4.72. The first-order chi connectivity index (χ1) is 8.60. The predicted octanol–water partition coefficient (Wildman–Crippen LogP) is 3.04. The molecule has 4 heteroatoms. The van der Waals surface area contributed by atoms with E-state index in [4.69, 9.17) is 17.3 Å². The Kier molecular flexibility index (Phi) is 4.60. The van der Waals surface area contributed by atoms with E-state index >= 15 is 0 Å². The lowest BCUT2D eigenvalue weighted by Crippen LogP contribution is -2.45. The second-order valence-corrected chi connectivity index (χ2v) is 5.65. The van der Waals surface area contributed by atoms with Crippen molar-refractivity contribution in [3.8, 4) is 0 Å². The summed E-state index contributed by atoms with van der Waals surface area (Å²) in [6, 6.07) is 5.44. The van der Waals surface area contributed by atoms with Gasteiger partial charge in [-0.2, -0.15) is 0 Å². The lowest BCUT2D eigenvalue weighted by Gasteiger charge is -2.38. The van der Waals surface area contributed by atoms with Crippen molar-refractivity contribution in [3.05, 3.63) is 34.6 Å². The normalized spacial score (nSPS) is 25.3. The molecule has 0 radical (unpaired) electrons. The van der Waals surface area contributed by atoms with E-state index in [0.29, 0.717) is 12.6 Å². The van der Waals surface area contributed by atoms with E-state index in [1.807, 2.05) is 6.07 Å². The van der Waals surface area contributed by atoms with Crippen LogP contribution in [-0.2, 0) is 6.54 Å². The number of piperidine rings is 1. The third-order valence-corrected chi connectivity index (χ3v) is 4.05. The predicted molar refractivity (Wildman–Crippen MR) is 73.1 cm³/mol. The summed E-state index contributed by atoms with van der Waals surface area (Å²) in [5, 5.41) is 0.182. The minimum absolute atomic E-state index is 0.182. The fourth-order valence-electron chi connectivity index (χ4n) is 2.63. The first-order valence-corrected chi connectivity index (χ1v) is 6.86. The molecule has 0 saturated carbocycles. The smallest absolute Gasteiger partial charge is 0.142 e. The van der Waals surface area contributed by atoms with Crippen LogP contribution in [0.5, 0.6) is 0 Å². The van der Waals surface area contributed by atoms with Crippen molar-refractivity contribution in [1.82, 2.24) is 4.90 Å². The lowest BCUT2D eigenvalue weighted by molar-refractivity contribution is 0.115. The van der Waals surface area contributed by atoms with E-state index in [9.17, 15) is 4.39 Å². The maximum Gasteiger partial charge on any atom is 0.142 e. The van der Waals surface area contributed by atoms with Crippen molar-refractivity contribution in [2.24, 2.45) is 11.7 Å². The minimum Gasteiger partial charge on any atom is -0.329 e. The van der Waals surface area contributed by atoms with Crippen LogP contribution in [-0.4, -0.2) is 24.0 Å². The summed E-state index contributed by atoms with van der Waals surface area (Å²) in [4.78, 5) is 2.35. The van der Waals surface area contributed by atoms with Crippen molar-refractivity contribution in [1.29, 1.82) is 0 Å². The highest BCUT2D eigenvalue weighted by atomic mass is 35.5. The van der Waals surface area contributed by atoms with Crippen molar-refractivity contribution in [3.63, 3.8) is 0 Å². The van der Waals surface area contributed by atoms with Gasteiger partial charge in [-0.05, 0) is 43.0 Å². The maximum absolute atomic E-state index is 13.4. The number of nitrogens with zero attached hydrogens (tertiary/aromatic N) is 1. The zero-order chi connectivity index (χ0) is 13.1. The Morgan fingerprint density at radius 3 is 2.94 bits per heavy atom. The first-order valence-electron chi connectivity index (χ1n) is 6.48. The van der Waals surface area contributed by atoms with Gasteiger partial charge in [-0.15, -0.1) is 0 Å². The summed E-state index contributed by atoms with van der Waals surface area (Å²) < 4.78 is 13.4. The highest BCUT2D eigenvalue weighted by Gasteiger charge is 2.25. The van der Waals surface area contributed by atoms with E-state index < -0.39 is 0 Å². The molecule has 1 heterocycles. The molecule has 0 bridgehead atoms. The molecule has 1 saturated heterocycles. The third-order valence-electron chi connectivity index (χ3n) is 3.74. The van der Waals surface area contributed by atoms with Gasteiger partial charge >= 0.3 is 0 Å².